The lowest BCUT2D eigenvalue weighted by Gasteiger charge is -2.16. The third-order valence-corrected chi connectivity index (χ3v) is 2.10. The van der Waals surface area contributed by atoms with Gasteiger partial charge in [0.25, 0.3) is 0 Å². The van der Waals surface area contributed by atoms with Crippen molar-refractivity contribution in [2.45, 2.75) is 0 Å². The van der Waals surface area contributed by atoms with Gasteiger partial charge < -0.3 is 15.1 Å². The van der Waals surface area contributed by atoms with Gasteiger partial charge in [-0.2, -0.15) is 0 Å². The van der Waals surface area contributed by atoms with Crippen LogP contribution in [0.5, 0.6) is 0 Å². The van der Waals surface area contributed by atoms with Gasteiger partial charge in [0.2, 0.25) is 5.82 Å². The van der Waals surface area contributed by atoms with Crippen LogP contribution in [0.4, 0.5) is 4.79 Å². The molecular formula is C7H9N3O6. The quantitative estimate of drug-likeness (QED) is 0.370. The molecule has 2 N–H and O–H groups in total. The molecule has 9 heteroatoms. The van der Waals surface area contributed by atoms with E-state index in [1.165, 1.54) is 11.9 Å². The smallest absolute Gasteiger partial charge is 0.413 e. The van der Waals surface area contributed by atoms with Gasteiger partial charge >= 0.3 is 17.8 Å². The molecule has 0 bridgehead atoms. The van der Waals surface area contributed by atoms with Crippen LogP contribution in [0.25, 0.3) is 0 Å². The molecule has 1 aliphatic rings. The van der Waals surface area contributed by atoms with Crippen molar-refractivity contribution in [3.8, 4) is 0 Å². The van der Waals surface area contributed by atoms with E-state index in [-0.39, 0.29) is 13.1 Å². The average molecular weight is 231 g/mol. The molecule has 0 aromatic heterocycles. The summed E-state index contributed by atoms with van der Waals surface area (Å²) in [6, 6.07) is 0. The maximum atomic E-state index is 10.8. The number of hydrogen-bond donors (Lipinski definition) is 2. The van der Waals surface area contributed by atoms with Crippen molar-refractivity contribution in [3.63, 3.8) is 0 Å². The van der Waals surface area contributed by atoms with Crippen LogP contribution in [0.1, 0.15) is 0 Å². The number of nitro groups is 1. The second kappa shape index (κ2) is 4.04. The predicted molar refractivity (Wildman–Crippen MR) is 49.0 cm³/mol. The molecule has 0 spiro atoms. The minimum Gasteiger partial charge on any atom is -0.473 e. The van der Waals surface area contributed by atoms with Crippen molar-refractivity contribution in [1.82, 2.24) is 9.80 Å². The minimum absolute atomic E-state index is 0.00574. The van der Waals surface area contributed by atoms with Gasteiger partial charge in [-0.3, -0.25) is 15.0 Å². The Morgan fingerprint density at radius 3 is 2.31 bits per heavy atom. The van der Waals surface area contributed by atoms with Crippen LogP contribution in [0, 0.1) is 10.1 Å². The SMILES string of the molecule is CN1CCN(C(=O)O)C1=C(C(=O)O)[N+](=O)[O-]. The Morgan fingerprint density at radius 2 is 1.94 bits per heavy atom. The van der Waals surface area contributed by atoms with E-state index < -0.39 is 28.5 Å². The molecule has 0 saturated carbocycles. The molecule has 0 aromatic carbocycles. The number of likely N-dealkylation sites (N-methyl/N-ethyl adjacent to an activating group) is 1. The minimum atomic E-state index is -1.76. The van der Waals surface area contributed by atoms with Gasteiger partial charge in [-0.25, -0.2) is 9.59 Å². The lowest BCUT2D eigenvalue weighted by Crippen LogP contribution is -2.31. The van der Waals surface area contributed by atoms with Crippen molar-refractivity contribution in [3.05, 3.63) is 21.6 Å². The highest BCUT2D eigenvalue weighted by Gasteiger charge is 2.39. The van der Waals surface area contributed by atoms with E-state index in [4.69, 9.17) is 10.2 Å². The van der Waals surface area contributed by atoms with Crippen molar-refractivity contribution in [1.29, 1.82) is 0 Å². The summed E-state index contributed by atoms with van der Waals surface area (Å²) in [5, 5.41) is 28.0. The third-order valence-electron chi connectivity index (χ3n) is 2.10. The van der Waals surface area contributed by atoms with Gasteiger partial charge in [-0.15, -0.1) is 0 Å². The molecule has 1 amide bonds. The van der Waals surface area contributed by atoms with Gasteiger partial charge in [0.1, 0.15) is 0 Å². The monoisotopic (exact) mass is 231 g/mol. The van der Waals surface area contributed by atoms with Crippen molar-refractivity contribution in [2.75, 3.05) is 20.1 Å². The fraction of sp³-hybridized carbons (Fsp3) is 0.429. The summed E-state index contributed by atoms with van der Waals surface area (Å²) in [7, 11) is 1.39. The molecule has 1 aliphatic heterocycles. The molecule has 0 aromatic rings. The highest BCUT2D eigenvalue weighted by Crippen LogP contribution is 2.21. The van der Waals surface area contributed by atoms with Gasteiger partial charge in [-0.1, -0.05) is 0 Å². The molecule has 1 rings (SSSR count). The van der Waals surface area contributed by atoms with Crippen LogP contribution in [-0.4, -0.2) is 57.1 Å². The molecular weight excluding hydrogens is 222 g/mol. The van der Waals surface area contributed by atoms with E-state index in [0.717, 1.165) is 0 Å². The van der Waals surface area contributed by atoms with E-state index >= 15 is 0 Å². The summed E-state index contributed by atoms with van der Waals surface area (Å²) in [4.78, 5) is 32.8. The van der Waals surface area contributed by atoms with Gasteiger partial charge in [0.15, 0.2) is 0 Å². The van der Waals surface area contributed by atoms with E-state index in [1.807, 2.05) is 0 Å². The van der Waals surface area contributed by atoms with E-state index in [1.54, 1.807) is 0 Å². The zero-order valence-electron chi connectivity index (χ0n) is 8.28. The third kappa shape index (κ3) is 1.87. The Labute approximate surface area is 89.3 Å². The Hall–Kier alpha value is -2.32. The summed E-state index contributed by atoms with van der Waals surface area (Å²) in [6.07, 6.45) is -1.42. The first-order valence-electron chi connectivity index (χ1n) is 4.19. The molecule has 0 aliphatic carbocycles. The molecule has 1 saturated heterocycles. The lowest BCUT2D eigenvalue weighted by molar-refractivity contribution is -0.423. The van der Waals surface area contributed by atoms with Crippen LogP contribution in [0.3, 0.4) is 0 Å². The van der Waals surface area contributed by atoms with Crippen LogP contribution in [-0.2, 0) is 4.79 Å². The van der Waals surface area contributed by atoms with Gasteiger partial charge in [0, 0.05) is 20.1 Å². The number of carboxylic acid groups (broad SMARTS) is 2. The molecule has 1 heterocycles. The summed E-state index contributed by atoms with van der Waals surface area (Å²) < 4.78 is 0. The number of rotatable bonds is 2. The van der Waals surface area contributed by atoms with Crippen LogP contribution >= 0.6 is 0 Å². The largest absolute Gasteiger partial charge is 0.473 e. The first-order chi connectivity index (χ1) is 7.36. The van der Waals surface area contributed by atoms with E-state index in [0.29, 0.717) is 4.90 Å². The van der Waals surface area contributed by atoms with Crippen molar-refractivity contribution >= 4 is 12.1 Å². The molecule has 9 nitrogen and oxygen atoms in total. The van der Waals surface area contributed by atoms with Crippen LogP contribution in [0.15, 0.2) is 11.5 Å². The Bertz CT molecular complexity index is 374. The number of nitrogens with zero attached hydrogens (tertiary/aromatic N) is 3. The summed E-state index contributed by atoms with van der Waals surface area (Å²) >= 11 is 0. The second-order valence-corrected chi connectivity index (χ2v) is 3.09. The summed E-state index contributed by atoms with van der Waals surface area (Å²) in [5.41, 5.74) is -1.14. The van der Waals surface area contributed by atoms with Crippen LogP contribution < -0.4 is 0 Å². The number of amides is 1. The number of hydrogen-bond acceptors (Lipinski definition) is 5. The second-order valence-electron chi connectivity index (χ2n) is 3.09. The average Bonchev–Trinajstić information content (AvgIpc) is 2.47. The molecule has 0 unspecified atom stereocenters. The molecule has 0 radical (unpaired) electrons. The standard InChI is InChI=1S/C7H9N3O6/c1-8-2-3-9(7(13)14)5(8)4(6(11)12)10(15)16/h2-3H2,1H3,(H,11,12)(H,13,14). The van der Waals surface area contributed by atoms with Gasteiger partial charge in [0.05, 0.1) is 4.92 Å². The predicted octanol–water partition coefficient (Wildman–Crippen LogP) is -0.558. The first kappa shape index (κ1) is 11.8. The highest BCUT2D eigenvalue weighted by atomic mass is 16.6. The highest BCUT2D eigenvalue weighted by molar-refractivity contribution is 5.85. The maximum absolute atomic E-state index is 10.8. The fourth-order valence-corrected chi connectivity index (χ4v) is 1.42. The maximum Gasteiger partial charge on any atom is 0.413 e. The zero-order valence-corrected chi connectivity index (χ0v) is 8.28. The lowest BCUT2D eigenvalue weighted by atomic mass is 10.4. The summed E-state index contributed by atoms with van der Waals surface area (Å²) in [6.45, 7) is 0.220. The van der Waals surface area contributed by atoms with E-state index in [2.05, 4.69) is 0 Å². The Morgan fingerprint density at radius 1 is 1.38 bits per heavy atom. The van der Waals surface area contributed by atoms with Gasteiger partial charge in [-0.05, 0) is 0 Å². The Kier molecular flexibility index (Phi) is 2.97. The fourth-order valence-electron chi connectivity index (χ4n) is 1.42. The Balaban J connectivity index is 3.32. The number of carbonyl (C=O) groups is 2. The number of aliphatic carboxylic acids is 1. The van der Waals surface area contributed by atoms with Crippen molar-refractivity contribution in [2.24, 2.45) is 0 Å². The van der Waals surface area contributed by atoms with E-state index in [9.17, 15) is 19.7 Å². The summed E-state index contributed by atoms with van der Waals surface area (Å²) in [5.74, 6) is -2.18. The van der Waals surface area contributed by atoms with Crippen molar-refractivity contribution < 1.29 is 24.7 Å². The first-order valence-corrected chi connectivity index (χ1v) is 4.19. The topological polar surface area (TPSA) is 124 Å². The molecule has 1 fully saturated rings. The number of carboxylic acids is 1. The molecule has 0 atom stereocenters. The van der Waals surface area contributed by atoms with Crippen LogP contribution in [0.2, 0.25) is 0 Å². The normalized spacial score (nSPS) is 18.6. The molecule has 88 valence electrons. The molecule has 16 heavy (non-hydrogen) atoms. The zero-order chi connectivity index (χ0) is 12.5.